The van der Waals surface area contributed by atoms with E-state index in [1.54, 1.807) is 0 Å². The summed E-state index contributed by atoms with van der Waals surface area (Å²) >= 11 is 0. The highest BCUT2D eigenvalue weighted by molar-refractivity contribution is 5.79. The normalized spacial score (nSPS) is 20.0. The van der Waals surface area contributed by atoms with Gasteiger partial charge in [-0.25, -0.2) is 0 Å². The van der Waals surface area contributed by atoms with Crippen molar-refractivity contribution in [2.45, 2.75) is 97.3 Å². The number of hydrogen-bond acceptors (Lipinski definition) is 2. The molecule has 0 spiro atoms. The van der Waals surface area contributed by atoms with E-state index >= 15 is 0 Å². The molecule has 1 aliphatic rings. The Hall–Kier alpha value is -2.13. The van der Waals surface area contributed by atoms with Crippen molar-refractivity contribution in [3.8, 4) is 0 Å². The maximum atomic E-state index is 12.3. The highest BCUT2D eigenvalue weighted by atomic mass is 16.5. The number of nitrogens with one attached hydrogen (secondary N) is 1. The second-order valence-electron chi connectivity index (χ2n) is 9.96. The molecular weight excluding hydrogens is 382 g/mol. The van der Waals surface area contributed by atoms with Crippen molar-refractivity contribution in [2.24, 2.45) is 0 Å². The molecule has 168 valence electrons. The smallest absolute Gasteiger partial charge is 0.223 e. The van der Waals surface area contributed by atoms with Crippen LogP contribution >= 0.6 is 0 Å². The fourth-order valence-corrected chi connectivity index (χ4v) is 4.69. The zero-order valence-electron chi connectivity index (χ0n) is 20.2. The Balaban J connectivity index is 1.90. The average molecular weight is 422 g/mol. The number of benzene rings is 2. The monoisotopic (exact) mass is 421 g/mol. The zero-order chi connectivity index (χ0) is 22.7. The van der Waals surface area contributed by atoms with Crippen LogP contribution in [-0.2, 0) is 16.0 Å². The molecule has 1 heterocycles. The average Bonchev–Trinajstić information content (AvgIpc) is 3.05. The second-order valence-corrected chi connectivity index (χ2v) is 9.96. The Morgan fingerprint density at radius 3 is 2.00 bits per heavy atom. The van der Waals surface area contributed by atoms with E-state index in [9.17, 15) is 4.79 Å². The summed E-state index contributed by atoms with van der Waals surface area (Å²) in [5, 5.41) is 3.14. The van der Waals surface area contributed by atoms with Gasteiger partial charge in [-0.3, -0.25) is 4.79 Å². The minimum absolute atomic E-state index is 0.0114. The molecule has 31 heavy (non-hydrogen) atoms. The van der Waals surface area contributed by atoms with Gasteiger partial charge in [-0.05, 0) is 58.9 Å². The highest BCUT2D eigenvalue weighted by Gasteiger charge is 2.35. The molecule has 1 fully saturated rings. The zero-order valence-corrected chi connectivity index (χ0v) is 20.2. The SMILES string of the molecule is CC(C)c1cc(C(C)C)c([C@@H](C)O[C@H]2CC(=O)N[C@H]2Cc2ccccc2)c(C(C)C)c1. The molecule has 2 aromatic rings. The Bertz CT molecular complexity index is 856. The summed E-state index contributed by atoms with van der Waals surface area (Å²) in [6.07, 6.45) is 1.05. The van der Waals surface area contributed by atoms with E-state index in [-0.39, 0.29) is 24.2 Å². The van der Waals surface area contributed by atoms with Crippen molar-refractivity contribution < 1.29 is 9.53 Å². The van der Waals surface area contributed by atoms with Crippen LogP contribution in [0.5, 0.6) is 0 Å². The van der Waals surface area contributed by atoms with Crippen molar-refractivity contribution in [1.82, 2.24) is 5.32 Å². The molecule has 0 radical (unpaired) electrons. The Kier molecular flexibility index (Phi) is 7.59. The third-order valence-corrected chi connectivity index (χ3v) is 6.44. The first-order valence-electron chi connectivity index (χ1n) is 11.8. The third kappa shape index (κ3) is 5.57. The van der Waals surface area contributed by atoms with E-state index in [1.807, 2.05) is 18.2 Å². The summed E-state index contributed by atoms with van der Waals surface area (Å²) in [4.78, 5) is 12.3. The number of carbonyl (C=O) groups excluding carboxylic acids is 1. The Morgan fingerprint density at radius 1 is 0.903 bits per heavy atom. The van der Waals surface area contributed by atoms with E-state index in [2.05, 4.69) is 78.0 Å². The Morgan fingerprint density at radius 2 is 1.48 bits per heavy atom. The van der Waals surface area contributed by atoms with Gasteiger partial charge in [-0.1, -0.05) is 84.0 Å². The van der Waals surface area contributed by atoms with E-state index < -0.39 is 0 Å². The first kappa shape index (κ1) is 23.5. The van der Waals surface area contributed by atoms with Crippen molar-refractivity contribution >= 4 is 5.91 Å². The molecule has 0 aliphatic carbocycles. The summed E-state index contributed by atoms with van der Waals surface area (Å²) in [6, 6.07) is 15.1. The first-order valence-corrected chi connectivity index (χ1v) is 11.8. The van der Waals surface area contributed by atoms with Crippen molar-refractivity contribution in [3.63, 3.8) is 0 Å². The minimum atomic E-state index is -0.118. The van der Waals surface area contributed by atoms with Gasteiger partial charge in [0, 0.05) is 0 Å². The fraction of sp³-hybridized carbons (Fsp3) is 0.536. The van der Waals surface area contributed by atoms with E-state index in [4.69, 9.17) is 4.74 Å². The molecule has 1 N–H and O–H groups in total. The fourth-order valence-electron chi connectivity index (χ4n) is 4.69. The quantitative estimate of drug-likeness (QED) is 0.519. The first-order chi connectivity index (χ1) is 14.7. The van der Waals surface area contributed by atoms with Gasteiger partial charge < -0.3 is 10.1 Å². The van der Waals surface area contributed by atoms with Gasteiger partial charge in [0.25, 0.3) is 0 Å². The maximum absolute atomic E-state index is 12.3. The summed E-state index contributed by atoms with van der Waals surface area (Å²) in [5.41, 5.74) is 6.68. The molecular formula is C28H39NO2. The third-order valence-electron chi connectivity index (χ3n) is 6.44. The van der Waals surface area contributed by atoms with Gasteiger partial charge in [0.05, 0.1) is 24.7 Å². The van der Waals surface area contributed by atoms with Gasteiger partial charge in [0.15, 0.2) is 0 Å². The molecule has 3 rings (SSSR count). The van der Waals surface area contributed by atoms with Crippen LogP contribution in [0.15, 0.2) is 42.5 Å². The van der Waals surface area contributed by atoms with Crippen molar-refractivity contribution in [2.75, 3.05) is 0 Å². The predicted molar refractivity (Wildman–Crippen MR) is 129 cm³/mol. The van der Waals surface area contributed by atoms with Crippen LogP contribution in [0.25, 0.3) is 0 Å². The number of amides is 1. The molecule has 3 nitrogen and oxygen atoms in total. The van der Waals surface area contributed by atoms with Crippen LogP contribution in [0, 0.1) is 0 Å². The summed E-state index contributed by atoms with van der Waals surface area (Å²) in [7, 11) is 0. The lowest BCUT2D eigenvalue weighted by molar-refractivity contribution is -0.120. The van der Waals surface area contributed by atoms with E-state index in [1.165, 1.54) is 27.8 Å². The Labute approximate surface area is 188 Å². The van der Waals surface area contributed by atoms with Crippen LogP contribution in [0.2, 0.25) is 0 Å². The minimum Gasteiger partial charge on any atom is -0.368 e. The summed E-state index contributed by atoms with van der Waals surface area (Å²) in [5.74, 6) is 1.41. The summed E-state index contributed by atoms with van der Waals surface area (Å²) < 4.78 is 6.65. The topological polar surface area (TPSA) is 38.3 Å². The van der Waals surface area contributed by atoms with Crippen LogP contribution in [-0.4, -0.2) is 18.1 Å². The van der Waals surface area contributed by atoms with Gasteiger partial charge in [-0.2, -0.15) is 0 Å². The van der Waals surface area contributed by atoms with Gasteiger partial charge in [0.2, 0.25) is 5.91 Å². The standard InChI is InChI=1S/C28H39NO2/c1-17(2)22-14-23(18(3)4)28(24(15-22)19(5)6)20(7)31-26-16-27(30)29-25(26)13-21-11-9-8-10-12-21/h8-12,14-15,17-20,25-26H,13,16H2,1-7H3,(H,29,30)/t20-,25+,26+/m1/s1. The molecule has 1 saturated heterocycles. The number of carbonyl (C=O) groups is 1. The second kappa shape index (κ2) is 9.99. The summed E-state index contributed by atoms with van der Waals surface area (Å²) in [6.45, 7) is 15.7. The molecule has 3 atom stereocenters. The number of ether oxygens (including phenoxy) is 1. The van der Waals surface area contributed by atoms with Crippen LogP contribution < -0.4 is 5.32 Å². The van der Waals surface area contributed by atoms with E-state index in [0.717, 1.165) is 6.42 Å². The molecule has 0 saturated carbocycles. The highest BCUT2D eigenvalue weighted by Crippen LogP contribution is 2.38. The molecule has 0 aromatic heterocycles. The molecule has 1 aliphatic heterocycles. The molecule has 0 bridgehead atoms. The largest absolute Gasteiger partial charge is 0.368 e. The van der Waals surface area contributed by atoms with E-state index in [0.29, 0.717) is 24.2 Å². The molecule has 1 amide bonds. The lowest BCUT2D eigenvalue weighted by Crippen LogP contribution is -2.35. The molecule has 2 aromatic carbocycles. The van der Waals surface area contributed by atoms with Crippen LogP contribution in [0.4, 0.5) is 0 Å². The van der Waals surface area contributed by atoms with Crippen LogP contribution in [0.3, 0.4) is 0 Å². The van der Waals surface area contributed by atoms with Crippen molar-refractivity contribution in [1.29, 1.82) is 0 Å². The lowest BCUT2D eigenvalue weighted by atomic mass is 9.82. The van der Waals surface area contributed by atoms with Gasteiger partial charge in [0.1, 0.15) is 0 Å². The maximum Gasteiger partial charge on any atom is 0.223 e. The van der Waals surface area contributed by atoms with Gasteiger partial charge in [-0.15, -0.1) is 0 Å². The molecule has 3 heteroatoms. The van der Waals surface area contributed by atoms with Crippen molar-refractivity contribution in [3.05, 3.63) is 70.3 Å². The predicted octanol–water partition coefficient (Wildman–Crippen LogP) is 6.63. The van der Waals surface area contributed by atoms with Crippen LogP contribution in [0.1, 0.15) is 107 Å². The molecule has 0 unspecified atom stereocenters. The number of hydrogen-bond donors (Lipinski definition) is 1. The number of rotatable bonds is 8. The lowest BCUT2D eigenvalue weighted by Gasteiger charge is -2.30. The van der Waals surface area contributed by atoms with Gasteiger partial charge >= 0.3 is 0 Å².